The van der Waals surface area contributed by atoms with E-state index in [2.05, 4.69) is 111 Å². The molecule has 0 aliphatic carbocycles. The number of hydrogen-bond donors (Lipinski definition) is 0. The molecule has 0 amide bonds. The summed E-state index contributed by atoms with van der Waals surface area (Å²) in [6.45, 7) is 10.5. The molecule has 7 heteroatoms. The van der Waals surface area contributed by atoms with Gasteiger partial charge in [-0.25, -0.2) is 0 Å². The van der Waals surface area contributed by atoms with E-state index in [0.717, 1.165) is 40.5 Å². The summed E-state index contributed by atoms with van der Waals surface area (Å²) < 4.78 is 1.18. The molecule has 0 N–H and O–H groups in total. The van der Waals surface area contributed by atoms with Crippen molar-refractivity contribution in [3.63, 3.8) is 0 Å². The molecule has 12 heterocycles. The number of aromatic nitrogens is 4. The fraction of sp³-hybridized carbons (Fsp3) is 0.500. The predicted octanol–water partition coefficient (Wildman–Crippen LogP) is 9.81. The van der Waals surface area contributed by atoms with E-state index < -0.39 is 11.7 Å². The predicted molar refractivity (Wildman–Crippen MR) is 190 cm³/mol. The van der Waals surface area contributed by atoms with Crippen LogP contribution >= 0.6 is 17.2 Å². The summed E-state index contributed by atoms with van der Waals surface area (Å²) in [5, 5.41) is 0.0217. The molecule has 0 radical (unpaired) electrons. The average molecular weight is 699 g/mol. The normalized spacial score (nSPS) is 56.4. The maximum atomic E-state index is 5.23. The van der Waals surface area contributed by atoms with Crippen LogP contribution in [0.2, 0.25) is 37.5 Å². The number of nitrogens with zero attached hydrogens (tertiary/aromatic N) is 4. The van der Waals surface area contributed by atoms with Crippen molar-refractivity contribution in [1.82, 2.24) is 19.9 Å². The second kappa shape index (κ2) is 4.21. The van der Waals surface area contributed by atoms with Gasteiger partial charge in [0.25, 0.3) is 0 Å². The zero-order valence-electron chi connectivity index (χ0n) is 28.1. The first-order valence-electron chi connectivity index (χ1n) is 17.7. The Hall–Kier alpha value is -2.02. The zero-order chi connectivity index (χ0) is 32.0. The number of hydrogen-bond acceptors (Lipinski definition) is 4. The third kappa shape index (κ3) is 0.691. The van der Waals surface area contributed by atoms with Gasteiger partial charge in [0.2, 0.25) is 0 Å². The zero-order valence-corrected chi connectivity index (χ0v) is 31.2. The fourth-order valence-corrected chi connectivity index (χ4v) is 117. The van der Waals surface area contributed by atoms with Crippen LogP contribution in [0.4, 0.5) is 0 Å². The van der Waals surface area contributed by atoms with Crippen molar-refractivity contribution in [2.24, 2.45) is 0 Å². The first kappa shape index (κ1) is 25.9. The summed E-state index contributed by atoms with van der Waals surface area (Å²) >= 11 is 0. The molecule has 10 saturated heterocycles. The van der Waals surface area contributed by atoms with Crippen LogP contribution in [0.3, 0.4) is 0 Å². The van der Waals surface area contributed by atoms with Crippen molar-refractivity contribution < 1.29 is 6.51 Å². The van der Waals surface area contributed by atoms with Gasteiger partial charge in [-0.2, -0.15) is 0 Å². The molecule has 4 nitrogen and oxygen atoms in total. The topological polar surface area (TPSA) is 51.6 Å². The second-order valence-corrected chi connectivity index (χ2v) is 48.0. The molecule has 6 atom stereocenters. The Labute approximate surface area is 272 Å². The van der Waals surface area contributed by atoms with Gasteiger partial charge in [-0.05, 0) is 0 Å². The summed E-state index contributed by atoms with van der Waals surface area (Å²) in [6.07, 6.45) is 9.34. The van der Waals surface area contributed by atoms with Crippen LogP contribution < -0.4 is 0 Å². The van der Waals surface area contributed by atoms with E-state index in [1.165, 1.54) is 6.16 Å². The molecular weight excluding hydrogens is 654 g/mol. The standard InChI is InChI=1S/C35H39N4P2.C5H5.Fe/c1-33(2,3)41(34(4,5)6)24-28-29(35(40,31-36-19-13-20-37-31)32-38-21-14-22-39-32)23-27(25-15-9-7-10-16-25)30(28)26-17-11-8-12-18-26;1-2-4-5-3-1;/h7-23H,24,40H2,1-6H3;1-5H;. The second-order valence-electron chi connectivity index (χ2n) is 20.7. The summed E-state index contributed by atoms with van der Waals surface area (Å²) in [7, 11) is 3.22. The van der Waals surface area contributed by atoms with Gasteiger partial charge in [-0.15, -0.1) is 0 Å². The molecule has 242 valence electrons. The minimum absolute atomic E-state index is 0.180. The Kier molecular flexibility index (Phi) is 2.32. The Bertz CT molecular complexity index is 2480. The molecule has 1 spiro atoms. The van der Waals surface area contributed by atoms with Gasteiger partial charge in [0.1, 0.15) is 0 Å². The van der Waals surface area contributed by atoms with Gasteiger partial charge in [0.05, 0.1) is 0 Å². The van der Waals surface area contributed by atoms with E-state index in [9.17, 15) is 0 Å². The first-order chi connectivity index (χ1) is 22.2. The molecule has 0 bridgehead atoms. The van der Waals surface area contributed by atoms with Crippen LogP contribution in [-0.2, 0) is 20.3 Å². The van der Waals surface area contributed by atoms with Gasteiger partial charge >= 0.3 is 273 Å². The van der Waals surface area contributed by atoms with Crippen LogP contribution in [0.25, 0.3) is 0 Å². The molecule has 10 aliphatic rings. The number of fused-ring (bicyclic) bond motifs is 10. The monoisotopic (exact) mass is 698 g/mol. The Morgan fingerprint density at radius 3 is 1.47 bits per heavy atom. The molecule has 6 unspecified atom stereocenters. The Balaban J connectivity index is 1.21. The van der Waals surface area contributed by atoms with Crippen molar-refractivity contribution in [2.75, 3.05) is 6.16 Å². The maximum absolute atomic E-state index is 5.23. The SMILES string of the molecule is CC(C)(C)P(C[C]12[C]3(c4ccccc4)[C]4(c5ccccc5)[CH]5[C]1(C(P)(c1ncccn1)c1ncccn1)[Fe]54231678[CH]2[CH]1[CH]6[CH]7[CH]28)C(C)(C)C. The van der Waals surface area contributed by atoms with Crippen molar-refractivity contribution in [3.05, 3.63) is 120 Å². The third-order valence-corrected chi connectivity index (χ3v) is 72.2. The summed E-state index contributed by atoms with van der Waals surface area (Å²) in [6, 6.07) is 28.4. The summed E-state index contributed by atoms with van der Waals surface area (Å²) in [4.78, 5) is 26.6. The van der Waals surface area contributed by atoms with Crippen molar-refractivity contribution in [3.8, 4) is 0 Å². The molecule has 2 aromatic heterocycles. The van der Waals surface area contributed by atoms with Gasteiger partial charge in [-0.3, -0.25) is 0 Å². The number of rotatable bonds is 7. The first-order valence-corrected chi connectivity index (χ1v) is 25.8. The van der Waals surface area contributed by atoms with Crippen LogP contribution in [-0.4, -0.2) is 36.4 Å². The van der Waals surface area contributed by atoms with Crippen molar-refractivity contribution in [1.29, 1.82) is 0 Å². The minimum atomic E-state index is -4.93. The van der Waals surface area contributed by atoms with E-state index in [-0.39, 0.29) is 22.5 Å². The summed E-state index contributed by atoms with van der Waals surface area (Å²) in [5.41, 5.74) is 3.45. The summed E-state index contributed by atoms with van der Waals surface area (Å²) in [5.74, 6) is 1.93. The molecular formula is C40H44FeN4P2. The molecule has 4 aromatic rings. The van der Waals surface area contributed by atoms with E-state index in [1.807, 2.05) is 36.9 Å². The van der Waals surface area contributed by atoms with Gasteiger partial charge in [0, 0.05) is 0 Å². The van der Waals surface area contributed by atoms with Crippen LogP contribution in [0, 0.1) is 0 Å². The molecule has 2 aromatic carbocycles. The molecule has 47 heavy (non-hydrogen) atoms. The van der Waals surface area contributed by atoms with E-state index in [1.54, 1.807) is 11.1 Å². The molecule has 10 aliphatic heterocycles. The van der Waals surface area contributed by atoms with E-state index in [0.29, 0.717) is 12.9 Å². The Morgan fingerprint density at radius 1 is 0.638 bits per heavy atom. The van der Waals surface area contributed by atoms with Crippen LogP contribution in [0.1, 0.15) is 64.3 Å². The average Bonchev–Trinajstić information content (AvgIpc) is 4.02. The van der Waals surface area contributed by atoms with Crippen LogP contribution in [0.15, 0.2) is 97.6 Å². The van der Waals surface area contributed by atoms with Crippen molar-refractivity contribution in [2.45, 2.75) is 103 Å². The van der Waals surface area contributed by atoms with Gasteiger partial charge in [-0.1, -0.05) is 0 Å². The van der Waals surface area contributed by atoms with E-state index in [4.69, 9.17) is 19.9 Å². The Morgan fingerprint density at radius 2 is 1.06 bits per heavy atom. The van der Waals surface area contributed by atoms with E-state index >= 15 is 0 Å². The van der Waals surface area contributed by atoms with Gasteiger partial charge in [0.15, 0.2) is 0 Å². The van der Waals surface area contributed by atoms with Crippen molar-refractivity contribution >= 4 is 17.2 Å². The fourth-order valence-electron chi connectivity index (χ4n) is 25.5. The quantitative estimate of drug-likeness (QED) is 0.143. The van der Waals surface area contributed by atoms with Crippen LogP contribution in [0.5, 0.6) is 0 Å². The number of benzene rings is 2. The third-order valence-electron chi connectivity index (χ3n) is 22.3. The molecule has 10 fully saturated rings. The molecule has 0 saturated carbocycles. The molecule has 14 rings (SSSR count). The van der Waals surface area contributed by atoms with Gasteiger partial charge < -0.3 is 0 Å².